The van der Waals surface area contributed by atoms with Crippen molar-refractivity contribution in [3.8, 4) is 5.75 Å². The number of nitrogens with zero attached hydrogens (tertiary/aromatic N) is 1. The number of ether oxygens (including phenoxy) is 2. The summed E-state index contributed by atoms with van der Waals surface area (Å²) in [6.45, 7) is -0.811. The molecule has 23 heavy (non-hydrogen) atoms. The van der Waals surface area contributed by atoms with E-state index in [4.69, 9.17) is 0 Å². The number of halogens is 3. The third kappa shape index (κ3) is 3.20. The third-order valence-electron chi connectivity index (χ3n) is 3.03. The normalized spacial score (nSPS) is 14.0. The number of nitrogens with one attached hydrogen (secondary N) is 1. The third-order valence-corrected chi connectivity index (χ3v) is 3.03. The SMILES string of the molecule is COc1c(F)c(F)cc(C(=O)NCCN2C(=O)COC2=O)c1F. The highest BCUT2D eigenvalue weighted by atomic mass is 19.2. The number of amides is 3. The molecule has 2 rings (SSSR count). The maximum atomic E-state index is 13.9. The van der Waals surface area contributed by atoms with Gasteiger partial charge in [0, 0.05) is 13.1 Å². The highest BCUT2D eigenvalue weighted by Crippen LogP contribution is 2.26. The first-order valence-electron chi connectivity index (χ1n) is 6.33. The number of hydrogen-bond acceptors (Lipinski definition) is 5. The fourth-order valence-electron chi connectivity index (χ4n) is 1.90. The van der Waals surface area contributed by atoms with Gasteiger partial charge in [0.2, 0.25) is 5.82 Å². The quantitative estimate of drug-likeness (QED) is 0.807. The maximum absolute atomic E-state index is 13.9. The lowest BCUT2D eigenvalue weighted by atomic mass is 10.1. The molecule has 1 N–H and O–H groups in total. The van der Waals surface area contributed by atoms with E-state index in [0.29, 0.717) is 6.07 Å². The Hall–Kier alpha value is -2.78. The van der Waals surface area contributed by atoms with Gasteiger partial charge in [-0.05, 0) is 6.07 Å². The molecule has 124 valence electrons. The van der Waals surface area contributed by atoms with Gasteiger partial charge in [-0.1, -0.05) is 0 Å². The van der Waals surface area contributed by atoms with E-state index in [-0.39, 0.29) is 19.7 Å². The highest BCUT2D eigenvalue weighted by molar-refractivity contribution is 5.98. The molecule has 0 aromatic heterocycles. The predicted octanol–water partition coefficient (Wildman–Crippen LogP) is 0.821. The van der Waals surface area contributed by atoms with Gasteiger partial charge in [-0.25, -0.2) is 18.5 Å². The minimum atomic E-state index is -1.55. The van der Waals surface area contributed by atoms with Gasteiger partial charge in [0.1, 0.15) is 0 Å². The summed E-state index contributed by atoms with van der Waals surface area (Å²) < 4.78 is 49.3. The molecule has 1 fully saturated rings. The molecule has 0 radical (unpaired) electrons. The number of imide groups is 1. The van der Waals surface area contributed by atoms with Crippen LogP contribution in [-0.2, 0) is 9.53 Å². The van der Waals surface area contributed by atoms with Crippen molar-refractivity contribution >= 4 is 17.9 Å². The number of hydrogen-bond donors (Lipinski definition) is 1. The van der Waals surface area contributed by atoms with Gasteiger partial charge in [0.15, 0.2) is 24.0 Å². The molecule has 1 heterocycles. The van der Waals surface area contributed by atoms with Crippen LogP contribution in [0.2, 0.25) is 0 Å². The van der Waals surface area contributed by atoms with Crippen LogP contribution in [0.25, 0.3) is 0 Å². The summed E-state index contributed by atoms with van der Waals surface area (Å²) in [5.74, 6) is -7.02. The monoisotopic (exact) mass is 332 g/mol. The van der Waals surface area contributed by atoms with Gasteiger partial charge in [0.25, 0.3) is 11.8 Å². The maximum Gasteiger partial charge on any atom is 0.417 e. The Morgan fingerprint density at radius 1 is 1.35 bits per heavy atom. The number of benzene rings is 1. The van der Waals surface area contributed by atoms with Gasteiger partial charge >= 0.3 is 6.09 Å². The van der Waals surface area contributed by atoms with Crippen LogP contribution in [0.3, 0.4) is 0 Å². The minimum absolute atomic E-state index is 0.203. The smallest absolute Gasteiger partial charge is 0.417 e. The Kier molecular flexibility index (Phi) is 4.72. The Balaban J connectivity index is 2.05. The van der Waals surface area contributed by atoms with E-state index in [1.807, 2.05) is 0 Å². The largest absolute Gasteiger partial charge is 0.491 e. The topological polar surface area (TPSA) is 84.9 Å². The zero-order chi connectivity index (χ0) is 17.1. The van der Waals surface area contributed by atoms with Crippen molar-refractivity contribution in [2.45, 2.75) is 0 Å². The van der Waals surface area contributed by atoms with Gasteiger partial charge in [0.05, 0.1) is 12.7 Å². The van der Waals surface area contributed by atoms with Crippen molar-refractivity contribution in [3.05, 3.63) is 29.1 Å². The first kappa shape index (κ1) is 16.6. The zero-order valence-corrected chi connectivity index (χ0v) is 11.8. The van der Waals surface area contributed by atoms with E-state index in [9.17, 15) is 27.6 Å². The van der Waals surface area contributed by atoms with E-state index in [2.05, 4.69) is 14.8 Å². The molecule has 1 saturated heterocycles. The summed E-state index contributed by atoms with van der Waals surface area (Å²) in [6, 6.07) is 0.387. The van der Waals surface area contributed by atoms with E-state index >= 15 is 0 Å². The second-order valence-electron chi connectivity index (χ2n) is 4.42. The van der Waals surface area contributed by atoms with Crippen molar-refractivity contribution in [1.29, 1.82) is 0 Å². The summed E-state index contributed by atoms with van der Waals surface area (Å²) in [4.78, 5) is 35.0. The molecule has 3 amide bonds. The summed E-state index contributed by atoms with van der Waals surface area (Å²) in [7, 11) is 0.924. The molecule has 0 saturated carbocycles. The van der Waals surface area contributed by atoms with Gasteiger partial charge in [-0.15, -0.1) is 0 Å². The lowest BCUT2D eigenvalue weighted by Crippen LogP contribution is -2.38. The van der Waals surface area contributed by atoms with Crippen molar-refractivity contribution in [1.82, 2.24) is 10.2 Å². The molecule has 0 spiro atoms. The number of cyclic esters (lactones) is 1. The molecular formula is C13H11F3N2O5. The van der Waals surface area contributed by atoms with Crippen LogP contribution in [0.15, 0.2) is 6.07 Å². The number of carbonyl (C=O) groups excluding carboxylic acids is 3. The van der Waals surface area contributed by atoms with Crippen molar-refractivity contribution in [2.75, 3.05) is 26.8 Å². The molecule has 7 nitrogen and oxygen atoms in total. The fourth-order valence-corrected chi connectivity index (χ4v) is 1.90. The van der Waals surface area contributed by atoms with Gasteiger partial charge in [-0.3, -0.25) is 9.59 Å². The number of methoxy groups -OCH3 is 1. The van der Waals surface area contributed by atoms with Crippen molar-refractivity contribution < 1.29 is 37.0 Å². The van der Waals surface area contributed by atoms with E-state index < -0.39 is 46.7 Å². The molecule has 0 unspecified atom stereocenters. The molecule has 1 aliphatic heterocycles. The number of carbonyl (C=O) groups is 3. The fraction of sp³-hybridized carbons (Fsp3) is 0.308. The number of rotatable bonds is 5. The average molecular weight is 332 g/mol. The summed E-state index contributed by atoms with van der Waals surface area (Å²) in [5, 5.41) is 2.18. The van der Waals surface area contributed by atoms with Gasteiger partial charge in [-0.2, -0.15) is 4.39 Å². The lowest BCUT2D eigenvalue weighted by Gasteiger charge is -2.12. The molecule has 0 aliphatic carbocycles. The highest BCUT2D eigenvalue weighted by Gasteiger charge is 2.30. The van der Waals surface area contributed by atoms with Gasteiger partial charge < -0.3 is 14.8 Å². The second-order valence-corrected chi connectivity index (χ2v) is 4.42. The van der Waals surface area contributed by atoms with Crippen LogP contribution in [0.5, 0.6) is 5.75 Å². The first-order valence-corrected chi connectivity index (χ1v) is 6.33. The molecule has 0 bridgehead atoms. The Bertz CT molecular complexity index is 664. The predicted molar refractivity (Wildman–Crippen MR) is 68.3 cm³/mol. The second kappa shape index (κ2) is 6.55. The van der Waals surface area contributed by atoms with Crippen LogP contribution < -0.4 is 10.1 Å². The molecule has 1 aliphatic rings. The van der Waals surface area contributed by atoms with Crippen LogP contribution >= 0.6 is 0 Å². The minimum Gasteiger partial charge on any atom is -0.491 e. The van der Waals surface area contributed by atoms with Crippen LogP contribution in [0.1, 0.15) is 10.4 Å². The molecule has 0 atom stereocenters. The summed E-state index contributed by atoms with van der Waals surface area (Å²) in [6.07, 6.45) is -0.857. The Labute approximate surface area is 127 Å². The van der Waals surface area contributed by atoms with Crippen LogP contribution in [-0.4, -0.2) is 49.6 Å². The Morgan fingerprint density at radius 2 is 2.04 bits per heavy atom. The molecule has 1 aromatic rings. The summed E-state index contributed by atoms with van der Waals surface area (Å²) >= 11 is 0. The first-order chi connectivity index (χ1) is 10.9. The van der Waals surface area contributed by atoms with E-state index in [0.717, 1.165) is 12.0 Å². The lowest BCUT2D eigenvalue weighted by molar-refractivity contribution is -0.125. The molecular weight excluding hydrogens is 321 g/mol. The van der Waals surface area contributed by atoms with Crippen LogP contribution in [0.4, 0.5) is 18.0 Å². The van der Waals surface area contributed by atoms with E-state index in [1.165, 1.54) is 0 Å². The standard InChI is InChI=1S/C13H11F3N2O5/c1-22-11-9(15)6(4-7(14)10(11)16)12(20)17-2-3-18-8(19)5-23-13(18)21/h4H,2-3,5H2,1H3,(H,17,20). The Morgan fingerprint density at radius 3 is 2.61 bits per heavy atom. The summed E-state index contributed by atoms with van der Waals surface area (Å²) in [5.41, 5.74) is -0.768. The molecule has 10 heteroatoms. The van der Waals surface area contributed by atoms with Crippen LogP contribution in [0, 0.1) is 17.5 Å². The van der Waals surface area contributed by atoms with E-state index in [1.54, 1.807) is 0 Å². The van der Waals surface area contributed by atoms with Crippen molar-refractivity contribution in [3.63, 3.8) is 0 Å². The zero-order valence-electron chi connectivity index (χ0n) is 11.8. The van der Waals surface area contributed by atoms with Crippen molar-refractivity contribution in [2.24, 2.45) is 0 Å². The molecule has 1 aromatic carbocycles. The average Bonchev–Trinajstić information content (AvgIpc) is 2.83.